The summed E-state index contributed by atoms with van der Waals surface area (Å²) in [5, 5.41) is 0. The fourth-order valence-electron chi connectivity index (χ4n) is 7.04. The highest BCUT2D eigenvalue weighted by Crippen LogP contribution is 2.33. The van der Waals surface area contributed by atoms with Crippen LogP contribution in [0.1, 0.15) is 0 Å². The first kappa shape index (κ1) is 36.0. The van der Waals surface area contributed by atoms with Crippen LogP contribution in [0.25, 0.3) is 102 Å². The molecule has 0 saturated carbocycles. The molecular formula is C52H34N8. The highest BCUT2D eigenvalue weighted by Gasteiger charge is 2.17. The maximum absolute atomic E-state index is 5.22. The van der Waals surface area contributed by atoms with E-state index >= 15 is 0 Å². The number of pyridine rings is 3. The molecule has 60 heavy (non-hydrogen) atoms. The molecule has 0 aliphatic heterocycles. The molecule has 0 amide bonds. The normalized spacial score (nSPS) is 11.0. The van der Waals surface area contributed by atoms with Crippen LogP contribution in [-0.4, -0.2) is 39.9 Å². The van der Waals surface area contributed by atoms with E-state index in [2.05, 4.69) is 36.4 Å². The molecule has 10 rings (SSSR count). The molecule has 0 aliphatic carbocycles. The molecule has 0 N–H and O–H groups in total. The first-order valence-corrected chi connectivity index (χ1v) is 19.6. The Labute approximate surface area is 347 Å². The summed E-state index contributed by atoms with van der Waals surface area (Å²) in [5.41, 5.74) is 11.8. The second-order valence-corrected chi connectivity index (χ2v) is 14.1. The molecule has 5 aromatic carbocycles. The SMILES string of the molecule is c1ccc(-c2cc(-c3cc(-c4cc(-c5ccccc5)nc(-c5ccccc5)n4)ccn3)nc(-c3cc(-c4nc(-c5ccccc5)nc(-c5ccccc5)n4)ccn3)c2)cc1. The summed E-state index contributed by atoms with van der Waals surface area (Å²) in [4.78, 5) is 39.8. The molecular weight excluding hydrogens is 737 g/mol. The summed E-state index contributed by atoms with van der Waals surface area (Å²) in [7, 11) is 0. The number of nitrogens with zero attached hydrogens (tertiary/aromatic N) is 8. The molecule has 0 spiro atoms. The third-order valence-electron chi connectivity index (χ3n) is 10.1. The van der Waals surface area contributed by atoms with Crippen LogP contribution >= 0.6 is 0 Å². The fourth-order valence-corrected chi connectivity index (χ4v) is 7.04. The van der Waals surface area contributed by atoms with Gasteiger partial charge < -0.3 is 0 Å². The third kappa shape index (κ3) is 7.68. The second-order valence-electron chi connectivity index (χ2n) is 14.1. The van der Waals surface area contributed by atoms with Crippen molar-refractivity contribution in [3.63, 3.8) is 0 Å². The molecule has 0 bridgehead atoms. The van der Waals surface area contributed by atoms with Crippen molar-refractivity contribution in [3.8, 4) is 102 Å². The lowest BCUT2D eigenvalue weighted by atomic mass is 10.0. The molecule has 0 fully saturated rings. The Morgan fingerprint density at radius 2 is 0.550 bits per heavy atom. The lowest BCUT2D eigenvalue weighted by molar-refractivity contribution is 1.07. The van der Waals surface area contributed by atoms with Crippen molar-refractivity contribution in [2.45, 2.75) is 0 Å². The number of hydrogen-bond donors (Lipinski definition) is 0. The van der Waals surface area contributed by atoms with Crippen molar-refractivity contribution in [1.82, 2.24) is 39.9 Å². The molecule has 282 valence electrons. The van der Waals surface area contributed by atoms with E-state index in [1.54, 1.807) is 6.20 Å². The van der Waals surface area contributed by atoms with E-state index in [9.17, 15) is 0 Å². The van der Waals surface area contributed by atoms with Crippen LogP contribution in [0.4, 0.5) is 0 Å². The van der Waals surface area contributed by atoms with Gasteiger partial charge in [0.05, 0.1) is 34.2 Å². The first-order valence-electron chi connectivity index (χ1n) is 19.6. The summed E-state index contributed by atoms with van der Waals surface area (Å²) in [6.07, 6.45) is 3.58. The minimum Gasteiger partial charge on any atom is -0.255 e. The number of benzene rings is 5. The van der Waals surface area contributed by atoms with Crippen molar-refractivity contribution >= 4 is 0 Å². The zero-order valence-electron chi connectivity index (χ0n) is 32.2. The van der Waals surface area contributed by atoms with Crippen molar-refractivity contribution < 1.29 is 0 Å². The lowest BCUT2D eigenvalue weighted by Gasteiger charge is -2.12. The summed E-state index contributed by atoms with van der Waals surface area (Å²) in [6.45, 7) is 0. The predicted octanol–water partition coefficient (Wildman–Crippen LogP) is 11.8. The molecule has 5 aromatic heterocycles. The van der Waals surface area contributed by atoms with E-state index in [1.165, 1.54) is 0 Å². The van der Waals surface area contributed by atoms with Gasteiger partial charge in [-0.05, 0) is 53.6 Å². The van der Waals surface area contributed by atoms with Crippen LogP contribution < -0.4 is 0 Å². The molecule has 0 atom stereocenters. The van der Waals surface area contributed by atoms with Gasteiger partial charge in [-0.3, -0.25) is 9.97 Å². The average Bonchev–Trinajstić information content (AvgIpc) is 3.35. The summed E-state index contributed by atoms with van der Waals surface area (Å²) in [5.74, 6) is 2.36. The van der Waals surface area contributed by atoms with Gasteiger partial charge in [0.25, 0.3) is 0 Å². The Kier molecular flexibility index (Phi) is 9.75. The van der Waals surface area contributed by atoms with Gasteiger partial charge in [0.2, 0.25) is 0 Å². The molecule has 0 saturated heterocycles. The standard InChI is InChI=1S/C52H34N8/c1-6-16-35(17-7-1)42-32-47(45-30-40(26-28-53-45)44-34-43(36-18-8-2-9-19-36)56-49(57-44)37-20-10-3-11-21-37)55-48(33-42)46-31-41(27-29-54-46)52-59-50(38-22-12-4-13-23-38)58-51(60-52)39-24-14-5-15-25-39/h1-34H. The van der Waals surface area contributed by atoms with Crippen molar-refractivity contribution in [3.05, 3.63) is 207 Å². The van der Waals surface area contributed by atoms with E-state index in [0.717, 1.165) is 55.9 Å². The minimum atomic E-state index is 0.537. The van der Waals surface area contributed by atoms with Gasteiger partial charge in [-0.25, -0.2) is 29.9 Å². The van der Waals surface area contributed by atoms with Crippen LogP contribution in [-0.2, 0) is 0 Å². The maximum Gasteiger partial charge on any atom is 0.164 e. The first-order chi connectivity index (χ1) is 29.7. The number of hydrogen-bond acceptors (Lipinski definition) is 8. The lowest BCUT2D eigenvalue weighted by Crippen LogP contribution is -2.01. The Bertz CT molecular complexity index is 2770. The highest BCUT2D eigenvalue weighted by molar-refractivity contribution is 5.79. The molecule has 8 heteroatoms. The molecule has 5 heterocycles. The smallest absolute Gasteiger partial charge is 0.164 e. The fraction of sp³-hybridized carbons (Fsp3) is 0. The zero-order chi connectivity index (χ0) is 40.1. The molecule has 10 aromatic rings. The minimum absolute atomic E-state index is 0.537. The highest BCUT2D eigenvalue weighted by atomic mass is 15.0. The molecule has 0 aliphatic rings. The van der Waals surface area contributed by atoms with Gasteiger partial charge in [-0.1, -0.05) is 152 Å². The number of aromatic nitrogens is 8. The Morgan fingerprint density at radius 1 is 0.200 bits per heavy atom. The van der Waals surface area contributed by atoms with Gasteiger partial charge in [0, 0.05) is 45.8 Å². The van der Waals surface area contributed by atoms with Crippen LogP contribution in [0, 0.1) is 0 Å². The predicted molar refractivity (Wildman–Crippen MR) is 238 cm³/mol. The summed E-state index contributed by atoms with van der Waals surface area (Å²) >= 11 is 0. The zero-order valence-corrected chi connectivity index (χ0v) is 32.2. The van der Waals surface area contributed by atoms with Crippen molar-refractivity contribution in [2.75, 3.05) is 0 Å². The monoisotopic (exact) mass is 770 g/mol. The quantitative estimate of drug-likeness (QED) is 0.143. The van der Waals surface area contributed by atoms with Gasteiger partial charge in [-0.2, -0.15) is 0 Å². The van der Waals surface area contributed by atoms with E-state index < -0.39 is 0 Å². The Hall–Kier alpha value is -8.36. The maximum atomic E-state index is 5.22. The Morgan fingerprint density at radius 3 is 1.03 bits per heavy atom. The Balaban J connectivity index is 1.09. The van der Waals surface area contributed by atoms with Crippen LogP contribution in [0.5, 0.6) is 0 Å². The summed E-state index contributed by atoms with van der Waals surface area (Å²) < 4.78 is 0. The average molecular weight is 771 g/mol. The summed E-state index contributed by atoms with van der Waals surface area (Å²) in [6, 6.07) is 64.5. The molecule has 0 radical (unpaired) electrons. The van der Waals surface area contributed by atoms with Gasteiger partial charge in [-0.15, -0.1) is 0 Å². The van der Waals surface area contributed by atoms with Crippen LogP contribution in [0.3, 0.4) is 0 Å². The van der Waals surface area contributed by atoms with Crippen LogP contribution in [0.2, 0.25) is 0 Å². The molecule has 8 nitrogen and oxygen atoms in total. The van der Waals surface area contributed by atoms with Crippen LogP contribution in [0.15, 0.2) is 207 Å². The van der Waals surface area contributed by atoms with E-state index in [0.29, 0.717) is 46.1 Å². The second kappa shape index (κ2) is 16.2. The third-order valence-corrected chi connectivity index (χ3v) is 10.1. The van der Waals surface area contributed by atoms with Gasteiger partial charge in [0.15, 0.2) is 23.3 Å². The van der Waals surface area contributed by atoms with Gasteiger partial charge in [0.1, 0.15) is 0 Å². The van der Waals surface area contributed by atoms with Gasteiger partial charge >= 0.3 is 0 Å². The van der Waals surface area contributed by atoms with E-state index in [1.807, 2.05) is 164 Å². The van der Waals surface area contributed by atoms with Crippen molar-refractivity contribution in [1.29, 1.82) is 0 Å². The van der Waals surface area contributed by atoms with Crippen molar-refractivity contribution in [2.24, 2.45) is 0 Å². The number of rotatable bonds is 9. The topological polar surface area (TPSA) is 103 Å². The van der Waals surface area contributed by atoms with E-state index in [-0.39, 0.29) is 0 Å². The largest absolute Gasteiger partial charge is 0.255 e. The molecule has 0 unspecified atom stereocenters. The van der Waals surface area contributed by atoms with E-state index in [4.69, 9.17) is 39.9 Å².